The van der Waals surface area contributed by atoms with Gasteiger partial charge in [0.1, 0.15) is 6.33 Å². The first kappa shape index (κ1) is 14.7. The van der Waals surface area contributed by atoms with Crippen LogP contribution < -0.4 is 5.32 Å². The number of aromatic nitrogens is 2. The summed E-state index contributed by atoms with van der Waals surface area (Å²) in [5, 5.41) is 3.54. The van der Waals surface area contributed by atoms with E-state index in [4.69, 9.17) is 0 Å². The number of rotatable bonds is 5. The van der Waals surface area contributed by atoms with E-state index >= 15 is 0 Å². The van der Waals surface area contributed by atoms with Crippen molar-refractivity contribution >= 4 is 0 Å². The minimum Gasteiger partial charge on any atom is -0.310 e. The zero-order valence-electron chi connectivity index (χ0n) is 12.8. The summed E-state index contributed by atoms with van der Waals surface area (Å²) < 4.78 is 0. The first-order chi connectivity index (χ1) is 9.61. The molecule has 0 amide bonds. The molecule has 0 fully saturated rings. The van der Waals surface area contributed by atoms with Crippen molar-refractivity contribution in [2.75, 3.05) is 6.54 Å². The molecule has 0 aliphatic heterocycles. The molecular formula is C17H23N3. The molecule has 1 aromatic carbocycles. The molecule has 1 N–H and O–H groups in total. The van der Waals surface area contributed by atoms with E-state index in [0.717, 1.165) is 18.5 Å². The molecule has 0 radical (unpaired) electrons. The van der Waals surface area contributed by atoms with Crippen LogP contribution in [0.2, 0.25) is 0 Å². The number of aryl methyl sites for hydroxylation is 3. The van der Waals surface area contributed by atoms with Gasteiger partial charge < -0.3 is 5.32 Å². The lowest BCUT2D eigenvalue weighted by molar-refractivity contribution is 0.544. The van der Waals surface area contributed by atoms with Crippen LogP contribution >= 0.6 is 0 Å². The number of nitrogens with zero attached hydrogens (tertiary/aromatic N) is 2. The molecule has 3 heteroatoms. The monoisotopic (exact) mass is 269 g/mol. The molecule has 20 heavy (non-hydrogen) atoms. The van der Waals surface area contributed by atoms with Crippen LogP contribution in [0.4, 0.5) is 0 Å². The van der Waals surface area contributed by atoms with Gasteiger partial charge in [-0.2, -0.15) is 0 Å². The Bertz CT molecular complexity index is 541. The van der Waals surface area contributed by atoms with Crippen molar-refractivity contribution in [2.24, 2.45) is 0 Å². The molecule has 1 heterocycles. The Morgan fingerprint density at radius 3 is 2.20 bits per heavy atom. The zero-order valence-corrected chi connectivity index (χ0v) is 12.8. The molecule has 1 atom stereocenters. The fourth-order valence-corrected chi connectivity index (χ4v) is 2.78. The summed E-state index contributed by atoms with van der Waals surface area (Å²) in [6.07, 6.45) is 6.35. The molecule has 2 aromatic rings. The predicted molar refractivity (Wildman–Crippen MR) is 82.8 cm³/mol. The fourth-order valence-electron chi connectivity index (χ4n) is 2.78. The Morgan fingerprint density at radius 2 is 1.65 bits per heavy atom. The highest BCUT2D eigenvalue weighted by molar-refractivity contribution is 5.38. The number of benzene rings is 1. The minimum atomic E-state index is 0.265. The second kappa shape index (κ2) is 6.62. The lowest BCUT2D eigenvalue weighted by atomic mass is 9.92. The molecule has 1 unspecified atom stereocenters. The maximum Gasteiger partial charge on any atom is 0.115 e. The Kier molecular flexibility index (Phi) is 4.85. The van der Waals surface area contributed by atoms with Crippen LogP contribution in [0.3, 0.4) is 0 Å². The first-order valence-corrected chi connectivity index (χ1v) is 7.16. The molecule has 0 saturated heterocycles. The smallest absolute Gasteiger partial charge is 0.115 e. The highest BCUT2D eigenvalue weighted by Crippen LogP contribution is 2.23. The van der Waals surface area contributed by atoms with Gasteiger partial charge in [0, 0.05) is 24.0 Å². The predicted octanol–water partition coefficient (Wildman–Crippen LogP) is 3.30. The van der Waals surface area contributed by atoms with Gasteiger partial charge in [-0.1, -0.05) is 24.6 Å². The van der Waals surface area contributed by atoms with Crippen LogP contribution in [-0.4, -0.2) is 16.5 Å². The summed E-state index contributed by atoms with van der Waals surface area (Å²) >= 11 is 0. The molecule has 0 saturated carbocycles. The van der Waals surface area contributed by atoms with E-state index in [0.29, 0.717) is 0 Å². The molecule has 0 bridgehead atoms. The second-order valence-electron chi connectivity index (χ2n) is 5.36. The SMILES string of the molecule is CCNC(Cc1c(C)cc(C)cc1C)c1cncnc1. The van der Waals surface area contributed by atoms with Crippen molar-refractivity contribution in [1.82, 2.24) is 15.3 Å². The van der Waals surface area contributed by atoms with Gasteiger partial charge in [-0.05, 0) is 50.4 Å². The number of hydrogen-bond acceptors (Lipinski definition) is 3. The molecule has 0 spiro atoms. The zero-order chi connectivity index (χ0) is 14.5. The van der Waals surface area contributed by atoms with Gasteiger partial charge in [-0.25, -0.2) is 9.97 Å². The van der Waals surface area contributed by atoms with Crippen molar-refractivity contribution in [2.45, 2.75) is 40.2 Å². The van der Waals surface area contributed by atoms with Crippen molar-refractivity contribution in [3.05, 3.63) is 58.7 Å². The van der Waals surface area contributed by atoms with E-state index in [1.807, 2.05) is 12.4 Å². The van der Waals surface area contributed by atoms with Crippen LogP contribution in [0.1, 0.15) is 40.8 Å². The van der Waals surface area contributed by atoms with Crippen LogP contribution in [0.5, 0.6) is 0 Å². The Hall–Kier alpha value is -1.74. The van der Waals surface area contributed by atoms with Gasteiger partial charge in [-0.3, -0.25) is 0 Å². The van der Waals surface area contributed by atoms with E-state index in [-0.39, 0.29) is 6.04 Å². The third kappa shape index (κ3) is 3.42. The van der Waals surface area contributed by atoms with Gasteiger partial charge in [-0.15, -0.1) is 0 Å². The number of nitrogens with one attached hydrogen (secondary N) is 1. The minimum absolute atomic E-state index is 0.265. The summed E-state index contributed by atoms with van der Waals surface area (Å²) in [5.74, 6) is 0. The quantitative estimate of drug-likeness (QED) is 0.905. The summed E-state index contributed by atoms with van der Waals surface area (Å²) in [6, 6.07) is 4.78. The molecule has 2 rings (SSSR count). The van der Waals surface area contributed by atoms with Crippen LogP contribution in [0, 0.1) is 20.8 Å². The van der Waals surface area contributed by atoms with Crippen LogP contribution in [0.25, 0.3) is 0 Å². The van der Waals surface area contributed by atoms with Crippen LogP contribution in [-0.2, 0) is 6.42 Å². The standard InChI is InChI=1S/C17H23N3/c1-5-20-17(15-9-18-11-19-10-15)8-16-13(3)6-12(2)7-14(16)4/h6-7,9-11,17,20H,5,8H2,1-4H3. The third-order valence-electron chi connectivity index (χ3n) is 3.68. The van der Waals surface area contributed by atoms with E-state index in [1.54, 1.807) is 6.33 Å². The molecule has 3 nitrogen and oxygen atoms in total. The summed E-state index contributed by atoms with van der Waals surface area (Å²) in [5.41, 5.74) is 6.62. The summed E-state index contributed by atoms with van der Waals surface area (Å²) in [6.45, 7) is 9.60. The van der Waals surface area contributed by atoms with E-state index < -0.39 is 0 Å². The normalized spacial score (nSPS) is 12.4. The summed E-state index contributed by atoms with van der Waals surface area (Å²) in [7, 11) is 0. The third-order valence-corrected chi connectivity index (χ3v) is 3.68. The second-order valence-corrected chi connectivity index (χ2v) is 5.36. The van der Waals surface area contributed by atoms with Crippen molar-refractivity contribution in [1.29, 1.82) is 0 Å². The Labute approximate surface area is 121 Å². The van der Waals surface area contributed by atoms with Gasteiger partial charge in [0.25, 0.3) is 0 Å². The van der Waals surface area contributed by atoms with Crippen molar-refractivity contribution < 1.29 is 0 Å². The summed E-state index contributed by atoms with van der Waals surface area (Å²) in [4.78, 5) is 8.27. The van der Waals surface area contributed by atoms with Gasteiger partial charge >= 0.3 is 0 Å². The molecule has 0 aliphatic rings. The highest BCUT2D eigenvalue weighted by Gasteiger charge is 2.14. The molecule has 106 valence electrons. The van der Waals surface area contributed by atoms with E-state index in [2.05, 4.69) is 55.1 Å². The Morgan fingerprint density at radius 1 is 1.05 bits per heavy atom. The van der Waals surface area contributed by atoms with E-state index in [1.165, 1.54) is 22.3 Å². The number of hydrogen-bond donors (Lipinski definition) is 1. The lowest BCUT2D eigenvalue weighted by Crippen LogP contribution is -2.24. The molecule has 0 aliphatic carbocycles. The average Bonchev–Trinajstić information content (AvgIpc) is 2.42. The van der Waals surface area contributed by atoms with Crippen LogP contribution in [0.15, 0.2) is 30.9 Å². The van der Waals surface area contributed by atoms with Crippen molar-refractivity contribution in [3.8, 4) is 0 Å². The number of likely N-dealkylation sites (N-methyl/N-ethyl adjacent to an activating group) is 1. The van der Waals surface area contributed by atoms with Crippen molar-refractivity contribution in [3.63, 3.8) is 0 Å². The average molecular weight is 269 g/mol. The largest absolute Gasteiger partial charge is 0.310 e. The first-order valence-electron chi connectivity index (χ1n) is 7.16. The topological polar surface area (TPSA) is 37.8 Å². The van der Waals surface area contributed by atoms with Gasteiger partial charge in [0.05, 0.1) is 0 Å². The maximum atomic E-state index is 4.14. The van der Waals surface area contributed by atoms with Gasteiger partial charge in [0.15, 0.2) is 0 Å². The molecule has 1 aromatic heterocycles. The Balaban J connectivity index is 2.30. The van der Waals surface area contributed by atoms with E-state index in [9.17, 15) is 0 Å². The fraction of sp³-hybridized carbons (Fsp3) is 0.412. The maximum absolute atomic E-state index is 4.14. The highest BCUT2D eigenvalue weighted by atomic mass is 14.9. The molecular weight excluding hydrogens is 246 g/mol. The lowest BCUT2D eigenvalue weighted by Gasteiger charge is -2.20. The van der Waals surface area contributed by atoms with Gasteiger partial charge in [0.2, 0.25) is 0 Å².